The second-order valence-electron chi connectivity index (χ2n) is 5.13. The summed E-state index contributed by atoms with van der Waals surface area (Å²) >= 11 is 0. The monoisotopic (exact) mass is 302 g/mol. The van der Waals surface area contributed by atoms with Crippen molar-refractivity contribution < 1.29 is 22.7 Å². The molecule has 0 aliphatic heterocycles. The molecule has 1 aliphatic rings. The summed E-state index contributed by atoms with van der Waals surface area (Å²) in [5.41, 5.74) is 6.55. The first-order valence-corrected chi connectivity index (χ1v) is 6.62. The Morgan fingerprint density at radius 3 is 2.43 bits per heavy atom. The van der Waals surface area contributed by atoms with Gasteiger partial charge in [-0.1, -0.05) is 12.1 Å². The van der Waals surface area contributed by atoms with Gasteiger partial charge in [0.1, 0.15) is 6.61 Å². The summed E-state index contributed by atoms with van der Waals surface area (Å²) in [4.78, 5) is 12.2. The van der Waals surface area contributed by atoms with Crippen LogP contribution in [0.5, 0.6) is 0 Å². The SMILES string of the molecule is Nc1ccc(C2(C(=O)NCCOCC(F)(F)F)CC2)cc1. The van der Waals surface area contributed by atoms with E-state index in [4.69, 9.17) is 5.73 Å². The summed E-state index contributed by atoms with van der Waals surface area (Å²) in [5, 5.41) is 2.62. The van der Waals surface area contributed by atoms with Gasteiger partial charge < -0.3 is 15.8 Å². The molecule has 1 saturated carbocycles. The molecule has 0 heterocycles. The largest absolute Gasteiger partial charge is 0.411 e. The lowest BCUT2D eigenvalue weighted by atomic mass is 9.95. The van der Waals surface area contributed by atoms with Crippen LogP contribution in [-0.2, 0) is 14.9 Å². The van der Waals surface area contributed by atoms with E-state index in [1.165, 1.54) is 0 Å². The second kappa shape index (κ2) is 5.93. The minimum Gasteiger partial charge on any atom is -0.399 e. The first-order valence-electron chi connectivity index (χ1n) is 6.62. The van der Waals surface area contributed by atoms with Crippen LogP contribution in [-0.4, -0.2) is 31.8 Å². The van der Waals surface area contributed by atoms with Crippen molar-refractivity contribution in [3.05, 3.63) is 29.8 Å². The Balaban J connectivity index is 1.79. The van der Waals surface area contributed by atoms with Crippen LogP contribution in [0.3, 0.4) is 0 Å². The lowest BCUT2D eigenvalue weighted by molar-refractivity contribution is -0.173. The van der Waals surface area contributed by atoms with E-state index in [2.05, 4.69) is 10.1 Å². The molecule has 4 nitrogen and oxygen atoms in total. The molecule has 0 radical (unpaired) electrons. The fourth-order valence-electron chi connectivity index (χ4n) is 2.17. The Bertz CT molecular complexity index is 496. The smallest absolute Gasteiger partial charge is 0.399 e. The van der Waals surface area contributed by atoms with Crippen molar-refractivity contribution in [2.24, 2.45) is 0 Å². The Kier molecular flexibility index (Phi) is 4.41. The topological polar surface area (TPSA) is 64.4 Å². The number of carbonyl (C=O) groups is 1. The molecule has 0 bridgehead atoms. The molecule has 0 spiro atoms. The molecule has 0 aromatic heterocycles. The number of nitrogens with two attached hydrogens (primary N) is 1. The first-order chi connectivity index (χ1) is 9.83. The number of amides is 1. The molecule has 3 N–H and O–H groups in total. The Hall–Kier alpha value is -1.76. The number of anilines is 1. The van der Waals surface area contributed by atoms with E-state index in [0.717, 1.165) is 18.4 Å². The van der Waals surface area contributed by atoms with Gasteiger partial charge in [0.25, 0.3) is 0 Å². The van der Waals surface area contributed by atoms with E-state index in [0.29, 0.717) is 5.69 Å². The van der Waals surface area contributed by atoms with E-state index in [9.17, 15) is 18.0 Å². The third kappa shape index (κ3) is 4.10. The summed E-state index contributed by atoms with van der Waals surface area (Å²) < 4.78 is 40.1. The zero-order valence-corrected chi connectivity index (χ0v) is 11.4. The molecule has 1 fully saturated rings. The van der Waals surface area contributed by atoms with Gasteiger partial charge in [-0.25, -0.2) is 0 Å². The molecule has 0 saturated heterocycles. The molecular formula is C14H17F3N2O2. The minimum atomic E-state index is -4.34. The Morgan fingerprint density at radius 1 is 1.29 bits per heavy atom. The third-order valence-electron chi connectivity index (χ3n) is 3.45. The highest BCUT2D eigenvalue weighted by Crippen LogP contribution is 2.48. The van der Waals surface area contributed by atoms with Gasteiger partial charge in [0.05, 0.1) is 12.0 Å². The van der Waals surface area contributed by atoms with E-state index < -0.39 is 18.2 Å². The lowest BCUT2D eigenvalue weighted by Gasteiger charge is -2.16. The number of rotatable bonds is 6. The van der Waals surface area contributed by atoms with Crippen LogP contribution in [0.15, 0.2) is 24.3 Å². The number of hydrogen-bond donors (Lipinski definition) is 2. The second-order valence-corrected chi connectivity index (χ2v) is 5.13. The van der Waals surface area contributed by atoms with Crippen molar-refractivity contribution in [1.82, 2.24) is 5.32 Å². The van der Waals surface area contributed by atoms with Crippen LogP contribution in [0.1, 0.15) is 18.4 Å². The zero-order valence-electron chi connectivity index (χ0n) is 11.4. The molecule has 1 aliphatic carbocycles. The molecule has 1 aromatic rings. The van der Waals surface area contributed by atoms with Gasteiger partial charge in [-0.3, -0.25) is 4.79 Å². The molecule has 0 unspecified atom stereocenters. The van der Waals surface area contributed by atoms with Crippen LogP contribution in [0.25, 0.3) is 0 Å². The van der Waals surface area contributed by atoms with E-state index >= 15 is 0 Å². The zero-order chi connectivity index (χ0) is 15.5. The normalized spacial score (nSPS) is 16.5. The average Bonchev–Trinajstić information content (AvgIpc) is 3.19. The first kappa shape index (κ1) is 15.6. The molecular weight excluding hydrogens is 285 g/mol. The van der Waals surface area contributed by atoms with Crippen LogP contribution in [0.4, 0.5) is 18.9 Å². The fraction of sp³-hybridized carbons (Fsp3) is 0.500. The Labute approximate surface area is 120 Å². The van der Waals surface area contributed by atoms with Crippen molar-refractivity contribution in [2.45, 2.75) is 24.4 Å². The summed E-state index contributed by atoms with van der Waals surface area (Å²) in [6.07, 6.45) is -2.88. The van der Waals surface area contributed by atoms with Crippen LogP contribution in [0.2, 0.25) is 0 Å². The number of halogens is 3. The van der Waals surface area contributed by atoms with Crippen molar-refractivity contribution >= 4 is 11.6 Å². The van der Waals surface area contributed by atoms with Crippen LogP contribution < -0.4 is 11.1 Å². The minimum absolute atomic E-state index is 0.0611. The molecule has 2 rings (SSSR count). The number of benzene rings is 1. The average molecular weight is 302 g/mol. The predicted molar refractivity (Wildman–Crippen MR) is 71.7 cm³/mol. The van der Waals surface area contributed by atoms with Crippen molar-refractivity contribution in [1.29, 1.82) is 0 Å². The molecule has 116 valence electrons. The highest BCUT2D eigenvalue weighted by molar-refractivity contribution is 5.91. The molecule has 21 heavy (non-hydrogen) atoms. The number of ether oxygens (including phenoxy) is 1. The quantitative estimate of drug-likeness (QED) is 0.624. The van der Waals surface area contributed by atoms with Gasteiger partial charge in [-0.15, -0.1) is 0 Å². The standard InChI is InChI=1S/C14H17F3N2O2/c15-14(16,17)9-21-8-7-19-12(20)13(5-6-13)10-1-3-11(18)4-2-10/h1-4H,5-9,18H2,(H,19,20). The lowest BCUT2D eigenvalue weighted by Crippen LogP contribution is -2.37. The number of alkyl halides is 3. The maximum Gasteiger partial charge on any atom is 0.411 e. The van der Waals surface area contributed by atoms with Gasteiger partial charge in [0, 0.05) is 12.2 Å². The Morgan fingerprint density at radius 2 is 1.90 bits per heavy atom. The van der Waals surface area contributed by atoms with Crippen molar-refractivity contribution in [3.8, 4) is 0 Å². The number of hydrogen-bond acceptors (Lipinski definition) is 3. The maximum absolute atomic E-state index is 12.2. The number of nitrogens with one attached hydrogen (secondary N) is 1. The highest BCUT2D eigenvalue weighted by Gasteiger charge is 2.50. The van der Waals surface area contributed by atoms with Crippen LogP contribution >= 0.6 is 0 Å². The van der Waals surface area contributed by atoms with E-state index in [1.807, 2.05) is 12.1 Å². The van der Waals surface area contributed by atoms with Gasteiger partial charge >= 0.3 is 6.18 Å². The van der Waals surface area contributed by atoms with Gasteiger partial charge in [-0.2, -0.15) is 13.2 Å². The molecule has 7 heteroatoms. The van der Waals surface area contributed by atoms with Crippen molar-refractivity contribution in [2.75, 3.05) is 25.5 Å². The highest BCUT2D eigenvalue weighted by atomic mass is 19.4. The summed E-state index contributed by atoms with van der Waals surface area (Å²) in [6.45, 7) is -1.40. The van der Waals surface area contributed by atoms with Gasteiger partial charge in [-0.05, 0) is 30.5 Å². The molecule has 1 amide bonds. The maximum atomic E-state index is 12.2. The number of carbonyl (C=O) groups excluding carboxylic acids is 1. The predicted octanol–water partition coefficient (Wildman–Crippen LogP) is 2.00. The van der Waals surface area contributed by atoms with E-state index in [1.54, 1.807) is 12.1 Å². The van der Waals surface area contributed by atoms with Gasteiger partial charge in [0.2, 0.25) is 5.91 Å². The van der Waals surface area contributed by atoms with Crippen LogP contribution in [0, 0.1) is 0 Å². The molecule has 0 atom stereocenters. The fourth-order valence-corrected chi connectivity index (χ4v) is 2.17. The summed E-state index contributed by atoms with van der Waals surface area (Å²) in [7, 11) is 0. The molecule has 1 aromatic carbocycles. The van der Waals surface area contributed by atoms with Gasteiger partial charge in [0.15, 0.2) is 0 Å². The van der Waals surface area contributed by atoms with Crippen molar-refractivity contribution in [3.63, 3.8) is 0 Å². The summed E-state index contributed by atoms with van der Waals surface area (Å²) in [6, 6.07) is 7.08. The third-order valence-corrected chi connectivity index (χ3v) is 3.45. The number of nitrogen functional groups attached to an aromatic ring is 1. The van der Waals surface area contributed by atoms with E-state index in [-0.39, 0.29) is 19.1 Å². The summed E-state index contributed by atoms with van der Waals surface area (Å²) in [5.74, 6) is -0.178.